The van der Waals surface area contributed by atoms with Crippen LogP contribution in [0.15, 0.2) is 95.4 Å². The molecule has 3 heterocycles. The summed E-state index contributed by atoms with van der Waals surface area (Å²) in [5.41, 5.74) is 11.3. The van der Waals surface area contributed by atoms with Gasteiger partial charge in [-0.25, -0.2) is 0 Å². The van der Waals surface area contributed by atoms with E-state index >= 15 is 0 Å². The second-order valence-electron chi connectivity index (χ2n) is 10.6. The third kappa shape index (κ3) is 1.93. The molecule has 0 fully saturated rings. The molecule has 1 aliphatic carbocycles. The first-order chi connectivity index (χ1) is 17.1. The molecule has 0 bridgehead atoms. The number of nitrogens with zero attached hydrogens (tertiary/aromatic N) is 1. The molecule has 0 spiro atoms. The minimum Gasteiger partial charge on any atom is -0.456 e. The van der Waals surface area contributed by atoms with Crippen LogP contribution >= 0.6 is 0 Å². The normalized spacial score (nSPS) is 14.8. The summed E-state index contributed by atoms with van der Waals surface area (Å²) in [6.07, 6.45) is 0. The molecule has 0 saturated carbocycles. The molecule has 0 unspecified atom stereocenters. The molecule has 3 aromatic heterocycles. The maximum Gasteiger partial charge on any atom is 0.137 e. The van der Waals surface area contributed by atoms with Gasteiger partial charge < -0.3 is 8.82 Å². The molecule has 9 rings (SSSR count). The summed E-state index contributed by atoms with van der Waals surface area (Å²) < 4.78 is 8.76. The van der Waals surface area contributed by atoms with Gasteiger partial charge in [0, 0.05) is 43.8 Å². The van der Waals surface area contributed by atoms with Crippen molar-refractivity contribution in [3.63, 3.8) is 0 Å². The highest BCUT2D eigenvalue weighted by Gasteiger charge is 2.37. The number of hydrogen-bond acceptors (Lipinski definition) is 1. The first-order valence-electron chi connectivity index (χ1n) is 12.3. The molecule has 2 nitrogen and oxygen atoms in total. The molecule has 164 valence electrons. The fourth-order valence-corrected chi connectivity index (χ4v) is 6.98. The Bertz CT molecular complexity index is 2190. The predicted octanol–water partition coefficient (Wildman–Crippen LogP) is 9.04. The van der Waals surface area contributed by atoms with Crippen molar-refractivity contribution in [2.45, 2.75) is 19.3 Å². The summed E-state index contributed by atoms with van der Waals surface area (Å²) in [5, 5.41) is 7.65. The van der Waals surface area contributed by atoms with Gasteiger partial charge in [0.25, 0.3) is 0 Å². The highest BCUT2D eigenvalue weighted by atomic mass is 16.3. The zero-order valence-corrected chi connectivity index (χ0v) is 19.5. The lowest BCUT2D eigenvalue weighted by Crippen LogP contribution is -2.14. The number of hydrogen-bond donors (Lipinski definition) is 0. The molecule has 1 aliphatic rings. The number of benzene rings is 5. The lowest BCUT2D eigenvalue weighted by molar-refractivity contribution is 0.661. The molecule has 8 aromatic rings. The quantitative estimate of drug-likeness (QED) is 0.227. The minimum absolute atomic E-state index is 0.00534. The smallest absolute Gasteiger partial charge is 0.137 e. The van der Waals surface area contributed by atoms with Crippen LogP contribution in [0.2, 0.25) is 0 Å². The molecule has 5 aromatic carbocycles. The van der Waals surface area contributed by atoms with Gasteiger partial charge in [0.15, 0.2) is 0 Å². The zero-order valence-electron chi connectivity index (χ0n) is 19.5. The SMILES string of the molecule is CC1(C)c2ccccc2-c2c1ccc1c2c2cccc3c4cc5c(cc4n1c32)oc1ccccc15. The molecule has 0 radical (unpaired) electrons. The first-order valence-corrected chi connectivity index (χ1v) is 12.3. The average Bonchev–Trinajstić information content (AvgIpc) is 3.58. The Hall–Kier alpha value is -4.30. The molecule has 0 aliphatic heterocycles. The lowest BCUT2D eigenvalue weighted by atomic mass is 9.82. The van der Waals surface area contributed by atoms with E-state index in [2.05, 4.69) is 103 Å². The topological polar surface area (TPSA) is 17.6 Å². The largest absolute Gasteiger partial charge is 0.456 e. The van der Waals surface area contributed by atoms with E-state index in [1.807, 2.05) is 6.07 Å². The van der Waals surface area contributed by atoms with E-state index in [4.69, 9.17) is 4.42 Å². The van der Waals surface area contributed by atoms with Crippen LogP contribution < -0.4 is 0 Å². The summed E-state index contributed by atoms with van der Waals surface area (Å²) >= 11 is 0. The Morgan fingerprint density at radius 3 is 2.34 bits per heavy atom. The highest BCUT2D eigenvalue weighted by molar-refractivity contribution is 6.28. The number of fused-ring (bicyclic) bond motifs is 13. The summed E-state index contributed by atoms with van der Waals surface area (Å²) in [4.78, 5) is 0. The van der Waals surface area contributed by atoms with Gasteiger partial charge in [-0.2, -0.15) is 0 Å². The monoisotopic (exact) mass is 447 g/mol. The predicted molar refractivity (Wildman–Crippen MR) is 146 cm³/mol. The first kappa shape index (κ1) is 18.1. The average molecular weight is 448 g/mol. The van der Waals surface area contributed by atoms with Gasteiger partial charge in [0.1, 0.15) is 11.2 Å². The van der Waals surface area contributed by atoms with Crippen molar-refractivity contribution in [3.05, 3.63) is 102 Å². The molecular weight excluding hydrogens is 426 g/mol. The summed E-state index contributed by atoms with van der Waals surface area (Å²) in [7, 11) is 0. The van der Waals surface area contributed by atoms with Crippen LogP contribution in [0.4, 0.5) is 0 Å². The second-order valence-corrected chi connectivity index (χ2v) is 10.6. The fourth-order valence-electron chi connectivity index (χ4n) is 6.98. The number of rotatable bonds is 0. The van der Waals surface area contributed by atoms with Gasteiger partial charge in [-0.1, -0.05) is 80.6 Å². The molecule has 0 amide bonds. The van der Waals surface area contributed by atoms with Crippen molar-refractivity contribution in [2.75, 3.05) is 0 Å². The molecule has 0 saturated heterocycles. The lowest BCUT2D eigenvalue weighted by Gasteiger charge is -2.21. The molecule has 0 N–H and O–H groups in total. The highest BCUT2D eigenvalue weighted by Crippen LogP contribution is 2.53. The molecular formula is C33H21NO. The van der Waals surface area contributed by atoms with Gasteiger partial charge in [-0.3, -0.25) is 0 Å². The van der Waals surface area contributed by atoms with Crippen molar-refractivity contribution in [1.82, 2.24) is 4.40 Å². The van der Waals surface area contributed by atoms with E-state index < -0.39 is 0 Å². The van der Waals surface area contributed by atoms with Crippen LogP contribution in [0, 0.1) is 0 Å². The van der Waals surface area contributed by atoms with Gasteiger partial charge in [-0.15, -0.1) is 0 Å². The van der Waals surface area contributed by atoms with Crippen molar-refractivity contribution in [3.8, 4) is 11.1 Å². The van der Waals surface area contributed by atoms with Crippen LogP contribution in [0.1, 0.15) is 25.0 Å². The fraction of sp³-hybridized carbons (Fsp3) is 0.0909. The summed E-state index contributed by atoms with van der Waals surface area (Å²) in [5.74, 6) is 0. The Balaban J connectivity index is 1.53. The molecule has 35 heavy (non-hydrogen) atoms. The second kappa shape index (κ2) is 5.67. The number of furan rings is 1. The van der Waals surface area contributed by atoms with Gasteiger partial charge in [0.05, 0.1) is 16.6 Å². The van der Waals surface area contributed by atoms with Crippen LogP contribution in [0.3, 0.4) is 0 Å². The van der Waals surface area contributed by atoms with E-state index in [9.17, 15) is 0 Å². The van der Waals surface area contributed by atoms with Crippen LogP contribution in [0.5, 0.6) is 0 Å². The third-order valence-corrected chi connectivity index (χ3v) is 8.52. The van der Waals surface area contributed by atoms with Crippen LogP contribution in [0.25, 0.3) is 71.2 Å². The van der Waals surface area contributed by atoms with E-state index in [-0.39, 0.29) is 5.41 Å². The van der Waals surface area contributed by atoms with Gasteiger partial charge in [-0.05, 0) is 40.5 Å². The Morgan fingerprint density at radius 1 is 0.600 bits per heavy atom. The number of para-hydroxylation sites is 2. The van der Waals surface area contributed by atoms with E-state index in [0.717, 1.165) is 11.2 Å². The molecule has 2 heteroatoms. The van der Waals surface area contributed by atoms with Crippen molar-refractivity contribution >= 4 is 60.0 Å². The third-order valence-electron chi connectivity index (χ3n) is 8.52. The maximum absolute atomic E-state index is 6.30. The van der Waals surface area contributed by atoms with Crippen molar-refractivity contribution in [1.29, 1.82) is 0 Å². The van der Waals surface area contributed by atoms with E-state index in [1.54, 1.807) is 0 Å². The van der Waals surface area contributed by atoms with E-state index in [1.165, 1.54) is 71.1 Å². The standard InChI is InChI=1S/C33H21NO/c1-33(2)24-12-5-3-9-20(24)30-25(33)14-15-26-31(30)21-11-7-10-19-22-16-23-18-8-4-6-13-28(18)35-29(23)17-27(22)34(26)32(19)21/h3-17H,1-2H3. The Morgan fingerprint density at radius 2 is 1.40 bits per heavy atom. The minimum atomic E-state index is -0.00534. The van der Waals surface area contributed by atoms with E-state index in [0.29, 0.717) is 0 Å². The molecule has 0 atom stereocenters. The van der Waals surface area contributed by atoms with Crippen molar-refractivity contribution < 1.29 is 4.42 Å². The van der Waals surface area contributed by atoms with Gasteiger partial charge in [0.2, 0.25) is 0 Å². The zero-order chi connectivity index (χ0) is 23.1. The van der Waals surface area contributed by atoms with Crippen LogP contribution in [-0.4, -0.2) is 4.40 Å². The maximum atomic E-state index is 6.30. The van der Waals surface area contributed by atoms with Crippen molar-refractivity contribution in [2.24, 2.45) is 0 Å². The summed E-state index contributed by atoms with van der Waals surface area (Å²) in [6, 6.07) is 33.3. The summed E-state index contributed by atoms with van der Waals surface area (Å²) in [6.45, 7) is 4.71. The van der Waals surface area contributed by atoms with Gasteiger partial charge >= 0.3 is 0 Å². The van der Waals surface area contributed by atoms with Crippen LogP contribution in [-0.2, 0) is 5.41 Å². The number of aromatic nitrogens is 1. The Labute approximate surface area is 201 Å². The Kier molecular flexibility index (Phi) is 2.93.